The van der Waals surface area contributed by atoms with Crippen LogP contribution in [-0.4, -0.2) is 68.4 Å². The first-order valence-corrected chi connectivity index (χ1v) is 11.1. The molecule has 0 spiro atoms. The molecule has 1 rings (SSSR count). The van der Waals surface area contributed by atoms with Crippen LogP contribution < -0.4 is 0 Å². The molecule has 0 N–H and O–H groups in total. The molecule has 1 aliphatic carbocycles. The number of nitrogens with zero attached hydrogens (tertiary/aromatic N) is 2. The molecule has 1 aliphatic rings. The molecule has 0 saturated heterocycles. The van der Waals surface area contributed by atoms with E-state index in [1.54, 1.807) is 4.90 Å². The average molecular weight is 385 g/mol. The maximum atomic E-state index is 12.1. The number of amides is 1. The van der Waals surface area contributed by atoms with Gasteiger partial charge in [-0.05, 0) is 71.0 Å². The van der Waals surface area contributed by atoms with Gasteiger partial charge < -0.3 is 19.3 Å². The number of carbonyl (C=O) groups is 1. The van der Waals surface area contributed by atoms with E-state index in [0.717, 1.165) is 38.7 Å². The standard InChI is InChI=1S/C22H44N2O3/c1-6-7-8-15-23(4)16-9-10-17-26-21-13-11-20(12-14-21)24(5)22(25)27-18-19(2)3/h19-21H,6-18H2,1-5H3. The molecule has 0 heterocycles. The normalized spacial score (nSPS) is 20.3. The quantitative estimate of drug-likeness (QED) is 0.422. The zero-order chi connectivity index (χ0) is 20.1. The minimum Gasteiger partial charge on any atom is -0.449 e. The summed E-state index contributed by atoms with van der Waals surface area (Å²) in [7, 11) is 4.09. The maximum Gasteiger partial charge on any atom is 0.409 e. The summed E-state index contributed by atoms with van der Waals surface area (Å²) in [5.74, 6) is 0.377. The summed E-state index contributed by atoms with van der Waals surface area (Å²) in [5.41, 5.74) is 0. The number of hydrogen-bond acceptors (Lipinski definition) is 4. The van der Waals surface area contributed by atoms with Gasteiger partial charge in [-0.1, -0.05) is 33.6 Å². The Hall–Kier alpha value is -0.810. The summed E-state index contributed by atoms with van der Waals surface area (Å²) in [6, 6.07) is 0.293. The van der Waals surface area contributed by atoms with Gasteiger partial charge in [-0.2, -0.15) is 0 Å². The van der Waals surface area contributed by atoms with Crippen LogP contribution in [0.4, 0.5) is 4.79 Å². The molecule has 0 unspecified atom stereocenters. The van der Waals surface area contributed by atoms with Crippen LogP contribution in [0.15, 0.2) is 0 Å². The lowest BCUT2D eigenvalue weighted by molar-refractivity contribution is 0.00648. The van der Waals surface area contributed by atoms with Crippen LogP contribution in [0.5, 0.6) is 0 Å². The molecule has 160 valence electrons. The summed E-state index contributed by atoms with van der Waals surface area (Å²) in [5, 5.41) is 0. The molecule has 27 heavy (non-hydrogen) atoms. The number of carbonyl (C=O) groups excluding carboxylic acids is 1. The van der Waals surface area contributed by atoms with E-state index in [9.17, 15) is 4.79 Å². The van der Waals surface area contributed by atoms with E-state index in [0.29, 0.717) is 24.7 Å². The second-order valence-corrected chi connectivity index (χ2v) is 8.60. The molecular formula is C22H44N2O3. The fourth-order valence-electron chi connectivity index (χ4n) is 3.57. The molecule has 0 aromatic rings. The number of ether oxygens (including phenoxy) is 2. The van der Waals surface area contributed by atoms with Crippen LogP contribution in [0.2, 0.25) is 0 Å². The van der Waals surface area contributed by atoms with Gasteiger partial charge in [0.05, 0.1) is 12.7 Å². The van der Waals surface area contributed by atoms with Gasteiger partial charge in [0, 0.05) is 19.7 Å². The molecule has 0 atom stereocenters. The van der Waals surface area contributed by atoms with E-state index in [2.05, 4.69) is 32.7 Å². The molecule has 0 bridgehead atoms. The van der Waals surface area contributed by atoms with Crippen molar-refractivity contribution in [2.75, 3.05) is 40.4 Å². The van der Waals surface area contributed by atoms with Crippen molar-refractivity contribution in [3.8, 4) is 0 Å². The van der Waals surface area contributed by atoms with Crippen LogP contribution in [0.1, 0.15) is 78.6 Å². The van der Waals surface area contributed by atoms with Crippen molar-refractivity contribution < 1.29 is 14.3 Å². The van der Waals surface area contributed by atoms with E-state index in [4.69, 9.17) is 9.47 Å². The summed E-state index contributed by atoms with van der Waals surface area (Å²) in [6.07, 6.45) is 10.6. The molecule has 5 heteroatoms. The van der Waals surface area contributed by atoms with Crippen molar-refractivity contribution in [2.45, 2.75) is 90.7 Å². The largest absolute Gasteiger partial charge is 0.449 e. The van der Waals surface area contributed by atoms with Crippen LogP contribution in [0.3, 0.4) is 0 Å². The monoisotopic (exact) mass is 384 g/mol. The minimum absolute atomic E-state index is 0.184. The number of hydrogen-bond donors (Lipinski definition) is 0. The van der Waals surface area contributed by atoms with Gasteiger partial charge in [0.25, 0.3) is 0 Å². The molecule has 1 amide bonds. The molecular weight excluding hydrogens is 340 g/mol. The van der Waals surface area contributed by atoms with Crippen LogP contribution in [-0.2, 0) is 9.47 Å². The second-order valence-electron chi connectivity index (χ2n) is 8.60. The van der Waals surface area contributed by atoms with Gasteiger partial charge in [-0.15, -0.1) is 0 Å². The molecule has 1 fully saturated rings. The van der Waals surface area contributed by atoms with Gasteiger partial charge in [0.15, 0.2) is 0 Å². The van der Waals surface area contributed by atoms with Crippen molar-refractivity contribution in [2.24, 2.45) is 5.92 Å². The van der Waals surface area contributed by atoms with Crippen molar-refractivity contribution >= 4 is 6.09 Å². The van der Waals surface area contributed by atoms with E-state index >= 15 is 0 Å². The zero-order valence-corrected chi connectivity index (χ0v) is 18.5. The maximum absolute atomic E-state index is 12.1. The predicted octanol–water partition coefficient (Wildman–Crippen LogP) is 4.94. The fraction of sp³-hybridized carbons (Fsp3) is 0.955. The SMILES string of the molecule is CCCCCN(C)CCCCOC1CCC(N(C)C(=O)OCC(C)C)CC1. The van der Waals surface area contributed by atoms with Gasteiger partial charge in [-0.25, -0.2) is 4.79 Å². The van der Waals surface area contributed by atoms with Gasteiger partial charge >= 0.3 is 6.09 Å². The number of rotatable bonds is 13. The van der Waals surface area contributed by atoms with E-state index in [-0.39, 0.29) is 6.09 Å². The van der Waals surface area contributed by atoms with Crippen LogP contribution in [0.25, 0.3) is 0 Å². The molecule has 0 radical (unpaired) electrons. The summed E-state index contributed by atoms with van der Waals surface area (Å²) in [4.78, 5) is 16.3. The zero-order valence-electron chi connectivity index (χ0n) is 18.5. The third kappa shape index (κ3) is 10.9. The van der Waals surface area contributed by atoms with E-state index < -0.39 is 0 Å². The summed E-state index contributed by atoms with van der Waals surface area (Å²) in [6.45, 7) is 10.1. The first-order chi connectivity index (χ1) is 12.9. The third-order valence-corrected chi connectivity index (χ3v) is 5.45. The molecule has 5 nitrogen and oxygen atoms in total. The molecule has 0 aromatic heterocycles. The Morgan fingerprint density at radius 2 is 1.63 bits per heavy atom. The lowest BCUT2D eigenvalue weighted by Crippen LogP contribution is -2.41. The lowest BCUT2D eigenvalue weighted by atomic mass is 9.92. The summed E-state index contributed by atoms with van der Waals surface area (Å²) >= 11 is 0. The first-order valence-electron chi connectivity index (χ1n) is 11.1. The molecule has 1 saturated carbocycles. The Kier molecular flexibility index (Phi) is 12.8. The van der Waals surface area contributed by atoms with E-state index in [1.807, 2.05) is 7.05 Å². The van der Waals surface area contributed by atoms with Gasteiger partial charge in [0.1, 0.15) is 0 Å². The highest BCUT2D eigenvalue weighted by molar-refractivity contribution is 5.67. The summed E-state index contributed by atoms with van der Waals surface area (Å²) < 4.78 is 11.4. The fourth-order valence-corrected chi connectivity index (χ4v) is 3.57. The van der Waals surface area contributed by atoms with Gasteiger partial charge in [-0.3, -0.25) is 0 Å². The topological polar surface area (TPSA) is 42.0 Å². The van der Waals surface area contributed by atoms with Crippen molar-refractivity contribution in [1.82, 2.24) is 9.80 Å². The number of unbranched alkanes of at least 4 members (excludes halogenated alkanes) is 3. The predicted molar refractivity (Wildman–Crippen MR) is 112 cm³/mol. The molecule has 0 aromatic carbocycles. The highest BCUT2D eigenvalue weighted by atomic mass is 16.6. The van der Waals surface area contributed by atoms with E-state index in [1.165, 1.54) is 38.8 Å². The Labute approximate surface area is 167 Å². The Morgan fingerprint density at radius 1 is 1.00 bits per heavy atom. The van der Waals surface area contributed by atoms with Crippen molar-refractivity contribution in [1.29, 1.82) is 0 Å². The Bertz CT molecular complexity index is 382. The van der Waals surface area contributed by atoms with Crippen LogP contribution >= 0.6 is 0 Å². The molecule has 0 aliphatic heterocycles. The smallest absolute Gasteiger partial charge is 0.409 e. The average Bonchev–Trinajstić information content (AvgIpc) is 2.66. The van der Waals surface area contributed by atoms with Crippen molar-refractivity contribution in [3.05, 3.63) is 0 Å². The van der Waals surface area contributed by atoms with Crippen molar-refractivity contribution in [3.63, 3.8) is 0 Å². The highest BCUT2D eigenvalue weighted by Crippen LogP contribution is 2.25. The second kappa shape index (κ2) is 14.2. The van der Waals surface area contributed by atoms with Gasteiger partial charge in [0.2, 0.25) is 0 Å². The Balaban J connectivity index is 2.07. The Morgan fingerprint density at radius 3 is 2.22 bits per heavy atom. The first kappa shape index (κ1) is 24.2. The van der Waals surface area contributed by atoms with Crippen LogP contribution in [0, 0.1) is 5.92 Å². The highest BCUT2D eigenvalue weighted by Gasteiger charge is 2.27. The lowest BCUT2D eigenvalue weighted by Gasteiger charge is -2.34. The third-order valence-electron chi connectivity index (χ3n) is 5.45. The minimum atomic E-state index is -0.184.